The highest BCUT2D eigenvalue weighted by atomic mass is 15.0. The van der Waals surface area contributed by atoms with Crippen LogP contribution in [-0.4, -0.2) is 9.97 Å². The molecular weight excluding hydrogens is 260 g/mol. The predicted molar refractivity (Wildman–Crippen MR) is 87.8 cm³/mol. The summed E-state index contributed by atoms with van der Waals surface area (Å²) in [6, 6.07) is 14.0. The third-order valence-corrected chi connectivity index (χ3v) is 3.48. The fourth-order valence-corrected chi connectivity index (χ4v) is 2.29. The number of aromatic nitrogens is 2. The topological polar surface area (TPSA) is 63.8 Å². The van der Waals surface area contributed by atoms with Gasteiger partial charge in [0.25, 0.3) is 0 Å². The second-order valence-electron chi connectivity index (χ2n) is 5.40. The van der Waals surface area contributed by atoms with Crippen LogP contribution in [0.4, 0.5) is 17.2 Å². The number of nitrogens with one attached hydrogen (secondary N) is 1. The quantitative estimate of drug-likeness (QED) is 0.709. The number of nitrogens with zero attached hydrogens (tertiary/aromatic N) is 2. The molecule has 0 fully saturated rings. The molecule has 106 valence electrons. The third kappa shape index (κ3) is 2.79. The molecule has 0 unspecified atom stereocenters. The standard InChI is InChI=1S/C17H18N4/c1-11(2)12-4-3-5-14(8-12)21-17-15-7-6-13(18)9-16(15)19-10-20-17/h3-11H,18H2,1-2H3,(H,19,20,21). The zero-order valence-corrected chi connectivity index (χ0v) is 12.2. The molecule has 0 atom stereocenters. The van der Waals surface area contributed by atoms with Gasteiger partial charge in [0.15, 0.2) is 0 Å². The SMILES string of the molecule is CC(C)c1cccc(Nc2ncnc3cc(N)ccc23)c1. The van der Waals surface area contributed by atoms with Crippen molar-refractivity contribution in [3.8, 4) is 0 Å². The number of hydrogen-bond acceptors (Lipinski definition) is 4. The van der Waals surface area contributed by atoms with Gasteiger partial charge in [-0.1, -0.05) is 26.0 Å². The molecule has 0 aliphatic heterocycles. The summed E-state index contributed by atoms with van der Waals surface area (Å²) in [7, 11) is 0. The molecular formula is C17H18N4. The molecule has 3 N–H and O–H groups in total. The molecule has 4 nitrogen and oxygen atoms in total. The molecule has 0 saturated carbocycles. The lowest BCUT2D eigenvalue weighted by atomic mass is 10.0. The summed E-state index contributed by atoms with van der Waals surface area (Å²) in [5.74, 6) is 1.29. The van der Waals surface area contributed by atoms with E-state index < -0.39 is 0 Å². The maximum absolute atomic E-state index is 5.80. The lowest BCUT2D eigenvalue weighted by Crippen LogP contribution is -1.97. The van der Waals surface area contributed by atoms with Crippen molar-refractivity contribution >= 4 is 28.1 Å². The molecule has 0 saturated heterocycles. The number of nitrogen functional groups attached to an aromatic ring is 1. The van der Waals surface area contributed by atoms with Crippen LogP contribution in [0.25, 0.3) is 10.9 Å². The molecule has 1 heterocycles. The van der Waals surface area contributed by atoms with Gasteiger partial charge < -0.3 is 11.1 Å². The lowest BCUT2D eigenvalue weighted by Gasteiger charge is -2.11. The minimum absolute atomic E-state index is 0.494. The van der Waals surface area contributed by atoms with Gasteiger partial charge >= 0.3 is 0 Å². The maximum atomic E-state index is 5.80. The molecule has 0 amide bonds. The first kappa shape index (κ1) is 13.4. The highest BCUT2D eigenvalue weighted by molar-refractivity contribution is 5.92. The number of hydrogen-bond donors (Lipinski definition) is 2. The van der Waals surface area contributed by atoms with Crippen molar-refractivity contribution in [3.63, 3.8) is 0 Å². The molecule has 1 aromatic heterocycles. The van der Waals surface area contributed by atoms with Gasteiger partial charge in [0.2, 0.25) is 0 Å². The number of anilines is 3. The molecule has 0 aliphatic rings. The Morgan fingerprint density at radius 1 is 1.05 bits per heavy atom. The highest BCUT2D eigenvalue weighted by Crippen LogP contribution is 2.26. The Hall–Kier alpha value is -2.62. The first-order valence-electron chi connectivity index (χ1n) is 7.01. The van der Waals surface area contributed by atoms with Crippen molar-refractivity contribution in [1.82, 2.24) is 9.97 Å². The van der Waals surface area contributed by atoms with E-state index in [-0.39, 0.29) is 0 Å². The van der Waals surface area contributed by atoms with Crippen LogP contribution in [0.15, 0.2) is 48.8 Å². The van der Waals surface area contributed by atoms with E-state index in [2.05, 4.69) is 47.3 Å². The number of rotatable bonds is 3. The van der Waals surface area contributed by atoms with Crippen LogP contribution in [0.5, 0.6) is 0 Å². The second kappa shape index (κ2) is 5.40. The normalized spacial score (nSPS) is 11.0. The number of benzene rings is 2. The predicted octanol–water partition coefficient (Wildman–Crippen LogP) is 4.08. The molecule has 0 bridgehead atoms. The van der Waals surface area contributed by atoms with Crippen LogP contribution in [-0.2, 0) is 0 Å². The fraction of sp³-hybridized carbons (Fsp3) is 0.176. The van der Waals surface area contributed by atoms with Gasteiger partial charge in [-0.3, -0.25) is 0 Å². The molecule has 21 heavy (non-hydrogen) atoms. The van der Waals surface area contributed by atoms with Gasteiger partial charge in [0, 0.05) is 16.8 Å². The Labute approximate surface area is 124 Å². The monoisotopic (exact) mass is 278 g/mol. The van der Waals surface area contributed by atoms with Gasteiger partial charge in [0.1, 0.15) is 12.1 Å². The summed E-state index contributed by atoms with van der Waals surface area (Å²) in [6.07, 6.45) is 1.55. The van der Waals surface area contributed by atoms with E-state index in [1.807, 2.05) is 24.3 Å². The van der Waals surface area contributed by atoms with E-state index in [0.717, 1.165) is 22.4 Å². The van der Waals surface area contributed by atoms with E-state index in [0.29, 0.717) is 11.6 Å². The summed E-state index contributed by atoms with van der Waals surface area (Å²) < 4.78 is 0. The van der Waals surface area contributed by atoms with Crippen LogP contribution in [0, 0.1) is 0 Å². The fourth-order valence-electron chi connectivity index (χ4n) is 2.29. The highest BCUT2D eigenvalue weighted by Gasteiger charge is 2.06. The molecule has 3 aromatic rings. The van der Waals surface area contributed by atoms with Crippen LogP contribution >= 0.6 is 0 Å². The smallest absolute Gasteiger partial charge is 0.141 e. The van der Waals surface area contributed by atoms with Gasteiger partial charge in [-0.15, -0.1) is 0 Å². The summed E-state index contributed by atoms with van der Waals surface area (Å²) in [5, 5.41) is 4.33. The van der Waals surface area contributed by atoms with Crippen molar-refractivity contribution in [2.45, 2.75) is 19.8 Å². The maximum Gasteiger partial charge on any atom is 0.141 e. The summed E-state index contributed by atoms with van der Waals surface area (Å²) >= 11 is 0. The first-order chi connectivity index (χ1) is 10.1. The van der Waals surface area contributed by atoms with Crippen molar-refractivity contribution in [2.24, 2.45) is 0 Å². The Kier molecular flexibility index (Phi) is 3.44. The molecule has 2 aromatic carbocycles. The zero-order valence-electron chi connectivity index (χ0n) is 12.2. The van der Waals surface area contributed by atoms with Gasteiger partial charge in [-0.25, -0.2) is 9.97 Å². The van der Waals surface area contributed by atoms with Gasteiger partial charge in [-0.05, 0) is 41.8 Å². The Morgan fingerprint density at radius 3 is 2.71 bits per heavy atom. The Balaban J connectivity index is 2.00. The van der Waals surface area contributed by atoms with E-state index in [9.17, 15) is 0 Å². The number of fused-ring (bicyclic) bond motifs is 1. The minimum Gasteiger partial charge on any atom is -0.399 e. The molecule has 3 rings (SSSR count). The second-order valence-corrected chi connectivity index (χ2v) is 5.40. The van der Waals surface area contributed by atoms with E-state index in [4.69, 9.17) is 5.73 Å². The summed E-state index contributed by atoms with van der Waals surface area (Å²) in [6.45, 7) is 4.37. The number of nitrogens with two attached hydrogens (primary N) is 1. The third-order valence-electron chi connectivity index (χ3n) is 3.48. The van der Waals surface area contributed by atoms with Crippen molar-refractivity contribution in [1.29, 1.82) is 0 Å². The van der Waals surface area contributed by atoms with Gasteiger partial charge in [0.05, 0.1) is 5.52 Å². The Bertz CT molecular complexity index is 781. The van der Waals surface area contributed by atoms with Crippen LogP contribution < -0.4 is 11.1 Å². The lowest BCUT2D eigenvalue weighted by molar-refractivity contribution is 0.867. The van der Waals surface area contributed by atoms with Crippen LogP contribution in [0.2, 0.25) is 0 Å². The average Bonchev–Trinajstić information content (AvgIpc) is 2.47. The van der Waals surface area contributed by atoms with E-state index >= 15 is 0 Å². The molecule has 0 radical (unpaired) electrons. The van der Waals surface area contributed by atoms with Crippen molar-refractivity contribution in [3.05, 3.63) is 54.4 Å². The Morgan fingerprint density at radius 2 is 1.90 bits per heavy atom. The first-order valence-corrected chi connectivity index (χ1v) is 7.01. The molecule has 4 heteroatoms. The van der Waals surface area contributed by atoms with Crippen LogP contribution in [0.1, 0.15) is 25.3 Å². The van der Waals surface area contributed by atoms with Crippen molar-refractivity contribution in [2.75, 3.05) is 11.1 Å². The van der Waals surface area contributed by atoms with E-state index in [1.54, 1.807) is 6.33 Å². The largest absolute Gasteiger partial charge is 0.399 e. The zero-order chi connectivity index (χ0) is 14.8. The molecule has 0 spiro atoms. The van der Waals surface area contributed by atoms with E-state index in [1.165, 1.54) is 5.56 Å². The minimum atomic E-state index is 0.494. The summed E-state index contributed by atoms with van der Waals surface area (Å²) in [4.78, 5) is 8.60. The van der Waals surface area contributed by atoms with Crippen molar-refractivity contribution < 1.29 is 0 Å². The average molecular weight is 278 g/mol. The molecule has 0 aliphatic carbocycles. The van der Waals surface area contributed by atoms with Crippen LogP contribution in [0.3, 0.4) is 0 Å². The summed E-state index contributed by atoms with van der Waals surface area (Å²) in [5.41, 5.74) is 9.66. The van der Waals surface area contributed by atoms with Gasteiger partial charge in [-0.2, -0.15) is 0 Å².